The Morgan fingerprint density at radius 1 is 1.40 bits per heavy atom. The fourth-order valence-corrected chi connectivity index (χ4v) is 2.56. The molecule has 0 saturated heterocycles. The van der Waals surface area contributed by atoms with Crippen LogP contribution < -0.4 is 10.6 Å². The van der Waals surface area contributed by atoms with Crippen LogP contribution in [0.1, 0.15) is 53.4 Å². The van der Waals surface area contributed by atoms with Crippen LogP contribution in [0, 0.1) is 5.41 Å². The van der Waals surface area contributed by atoms with Gasteiger partial charge >= 0.3 is 0 Å². The van der Waals surface area contributed by atoms with Gasteiger partial charge < -0.3 is 10.6 Å². The summed E-state index contributed by atoms with van der Waals surface area (Å²) in [6.45, 7) is 11.5. The molecule has 1 rings (SSSR count). The van der Waals surface area contributed by atoms with E-state index in [2.05, 4.69) is 38.3 Å². The maximum absolute atomic E-state index is 3.69. The first kappa shape index (κ1) is 13.0. The standard InChI is InChI=1S/C13H28N2/c1-5-14-11(2)7-9-15-12-6-8-13(3,4)10-12/h11-12,14-15H,5-10H2,1-4H3. The molecule has 1 aliphatic carbocycles. The minimum absolute atomic E-state index is 0.574. The Bertz CT molecular complexity index is 177. The summed E-state index contributed by atoms with van der Waals surface area (Å²) in [6, 6.07) is 1.42. The molecule has 0 aromatic heterocycles. The van der Waals surface area contributed by atoms with E-state index in [0.717, 1.165) is 19.1 Å². The normalized spacial score (nSPS) is 26.8. The molecule has 0 aliphatic heterocycles. The van der Waals surface area contributed by atoms with Crippen LogP contribution in [0.5, 0.6) is 0 Å². The first-order valence-corrected chi connectivity index (χ1v) is 6.50. The summed E-state index contributed by atoms with van der Waals surface area (Å²) in [5.41, 5.74) is 0.574. The van der Waals surface area contributed by atoms with Crippen molar-refractivity contribution in [1.82, 2.24) is 10.6 Å². The van der Waals surface area contributed by atoms with E-state index in [4.69, 9.17) is 0 Å². The van der Waals surface area contributed by atoms with Gasteiger partial charge in [-0.1, -0.05) is 20.8 Å². The van der Waals surface area contributed by atoms with Crippen LogP contribution in [0.25, 0.3) is 0 Å². The van der Waals surface area contributed by atoms with Gasteiger partial charge in [0.05, 0.1) is 0 Å². The van der Waals surface area contributed by atoms with Gasteiger partial charge in [0, 0.05) is 12.1 Å². The van der Waals surface area contributed by atoms with Crippen LogP contribution in [-0.2, 0) is 0 Å². The Hall–Kier alpha value is -0.0800. The zero-order chi connectivity index (χ0) is 11.3. The molecule has 0 aromatic carbocycles. The van der Waals surface area contributed by atoms with Crippen LogP contribution in [0.2, 0.25) is 0 Å². The molecule has 15 heavy (non-hydrogen) atoms. The molecule has 0 radical (unpaired) electrons. The summed E-state index contributed by atoms with van der Waals surface area (Å²) < 4.78 is 0. The molecule has 2 atom stereocenters. The van der Waals surface area contributed by atoms with E-state index < -0.39 is 0 Å². The lowest BCUT2D eigenvalue weighted by atomic mass is 9.92. The second-order valence-corrected chi connectivity index (χ2v) is 5.81. The molecule has 0 bridgehead atoms. The zero-order valence-corrected chi connectivity index (χ0v) is 10.9. The minimum atomic E-state index is 0.574. The van der Waals surface area contributed by atoms with Crippen LogP contribution in [0.4, 0.5) is 0 Å². The summed E-state index contributed by atoms with van der Waals surface area (Å²) in [4.78, 5) is 0. The Kier molecular flexibility index (Phi) is 5.07. The lowest BCUT2D eigenvalue weighted by molar-refractivity contribution is 0.362. The van der Waals surface area contributed by atoms with Crippen molar-refractivity contribution < 1.29 is 0 Å². The zero-order valence-electron chi connectivity index (χ0n) is 10.9. The van der Waals surface area contributed by atoms with Gasteiger partial charge in [0.15, 0.2) is 0 Å². The quantitative estimate of drug-likeness (QED) is 0.707. The van der Waals surface area contributed by atoms with E-state index in [9.17, 15) is 0 Å². The van der Waals surface area contributed by atoms with Gasteiger partial charge in [-0.15, -0.1) is 0 Å². The fourth-order valence-electron chi connectivity index (χ4n) is 2.56. The number of rotatable bonds is 6. The average molecular weight is 212 g/mol. The van der Waals surface area contributed by atoms with Gasteiger partial charge in [0.1, 0.15) is 0 Å². The van der Waals surface area contributed by atoms with Crippen LogP contribution >= 0.6 is 0 Å². The maximum Gasteiger partial charge on any atom is 0.00723 e. The van der Waals surface area contributed by atoms with Gasteiger partial charge in [-0.25, -0.2) is 0 Å². The van der Waals surface area contributed by atoms with Gasteiger partial charge in [0.25, 0.3) is 0 Å². The van der Waals surface area contributed by atoms with Crippen molar-refractivity contribution in [3.63, 3.8) is 0 Å². The first-order chi connectivity index (χ1) is 7.03. The molecule has 0 aromatic rings. The van der Waals surface area contributed by atoms with Gasteiger partial charge in [-0.2, -0.15) is 0 Å². The first-order valence-electron chi connectivity index (χ1n) is 6.50. The molecule has 1 saturated carbocycles. The summed E-state index contributed by atoms with van der Waals surface area (Å²) in [5, 5.41) is 7.13. The summed E-state index contributed by atoms with van der Waals surface area (Å²) >= 11 is 0. The van der Waals surface area contributed by atoms with E-state index in [1.165, 1.54) is 25.7 Å². The molecule has 2 unspecified atom stereocenters. The lowest BCUT2D eigenvalue weighted by Gasteiger charge is -2.19. The van der Waals surface area contributed by atoms with Crippen molar-refractivity contribution in [2.75, 3.05) is 13.1 Å². The van der Waals surface area contributed by atoms with Gasteiger partial charge in [-0.3, -0.25) is 0 Å². The van der Waals surface area contributed by atoms with Crippen molar-refractivity contribution in [2.45, 2.75) is 65.5 Å². The molecular formula is C13H28N2. The van der Waals surface area contributed by atoms with Gasteiger partial charge in [0.2, 0.25) is 0 Å². The third-order valence-electron chi connectivity index (χ3n) is 3.53. The van der Waals surface area contributed by atoms with Crippen LogP contribution in [0.15, 0.2) is 0 Å². The average Bonchev–Trinajstić information content (AvgIpc) is 2.46. The molecule has 1 aliphatic rings. The number of hydrogen-bond donors (Lipinski definition) is 2. The number of nitrogens with one attached hydrogen (secondary N) is 2. The molecule has 2 N–H and O–H groups in total. The summed E-state index contributed by atoms with van der Waals surface area (Å²) in [5.74, 6) is 0. The monoisotopic (exact) mass is 212 g/mol. The molecule has 0 spiro atoms. The predicted molar refractivity (Wildman–Crippen MR) is 67.2 cm³/mol. The highest BCUT2D eigenvalue weighted by Crippen LogP contribution is 2.36. The van der Waals surface area contributed by atoms with Crippen molar-refractivity contribution in [2.24, 2.45) is 5.41 Å². The molecule has 0 amide bonds. The molecule has 2 heteroatoms. The summed E-state index contributed by atoms with van der Waals surface area (Å²) in [6.07, 6.45) is 5.34. The Morgan fingerprint density at radius 2 is 2.13 bits per heavy atom. The Labute approximate surface area is 95.2 Å². The topological polar surface area (TPSA) is 24.1 Å². The lowest BCUT2D eigenvalue weighted by Crippen LogP contribution is -2.33. The largest absolute Gasteiger partial charge is 0.314 e. The highest BCUT2D eigenvalue weighted by molar-refractivity contribution is 4.86. The van der Waals surface area contributed by atoms with Crippen molar-refractivity contribution >= 4 is 0 Å². The number of hydrogen-bond acceptors (Lipinski definition) is 2. The SMILES string of the molecule is CCNC(C)CCNC1CCC(C)(C)C1. The fraction of sp³-hybridized carbons (Fsp3) is 1.00. The van der Waals surface area contributed by atoms with Crippen LogP contribution in [-0.4, -0.2) is 25.2 Å². The van der Waals surface area contributed by atoms with E-state index in [0.29, 0.717) is 11.5 Å². The van der Waals surface area contributed by atoms with Crippen molar-refractivity contribution in [3.8, 4) is 0 Å². The summed E-state index contributed by atoms with van der Waals surface area (Å²) in [7, 11) is 0. The van der Waals surface area contributed by atoms with Crippen LogP contribution in [0.3, 0.4) is 0 Å². The van der Waals surface area contributed by atoms with Crippen molar-refractivity contribution in [1.29, 1.82) is 0 Å². The minimum Gasteiger partial charge on any atom is -0.314 e. The second-order valence-electron chi connectivity index (χ2n) is 5.81. The van der Waals surface area contributed by atoms with E-state index >= 15 is 0 Å². The molecule has 0 heterocycles. The highest BCUT2D eigenvalue weighted by Gasteiger charge is 2.30. The van der Waals surface area contributed by atoms with E-state index in [-0.39, 0.29) is 0 Å². The Balaban J connectivity index is 2.06. The Morgan fingerprint density at radius 3 is 2.67 bits per heavy atom. The third kappa shape index (κ3) is 4.98. The molecule has 1 fully saturated rings. The predicted octanol–water partition coefficient (Wildman–Crippen LogP) is 2.54. The highest BCUT2D eigenvalue weighted by atomic mass is 14.9. The van der Waals surface area contributed by atoms with Crippen molar-refractivity contribution in [3.05, 3.63) is 0 Å². The third-order valence-corrected chi connectivity index (χ3v) is 3.53. The molecule has 2 nitrogen and oxygen atoms in total. The maximum atomic E-state index is 3.69. The van der Waals surface area contributed by atoms with E-state index in [1.807, 2.05) is 0 Å². The molecule has 90 valence electrons. The smallest absolute Gasteiger partial charge is 0.00723 e. The van der Waals surface area contributed by atoms with E-state index in [1.54, 1.807) is 0 Å². The molecular weight excluding hydrogens is 184 g/mol. The second kappa shape index (κ2) is 5.86. The van der Waals surface area contributed by atoms with Gasteiger partial charge in [-0.05, 0) is 51.1 Å².